The van der Waals surface area contributed by atoms with Gasteiger partial charge in [0.15, 0.2) is 5.82 Å². The molecule has 0 radical (unpaired) electrons. The van der Waals surface area contributed by atoms with Crippen LogP contribution in [0, 0.1) is 0 Å². The molecule has 2 N–H and O–H groups in total. The highest BCUT2D eigenvalue weighted by Crippen LogP contribution is 2.25. The van der Waals surface area contributed by atoms with Gasteiger partial charge in [0.05, 0.1) is 6.42 Å². The summed E-state index contributed by atoms with van der Waals surface area (Å²) in [5.41, 5.74) is 2.59. The zero-order chi connectivity index (χ0) is 20.1. The minimum absolute atomic E-state index is 0.0911. The van der Waals surface area contributed by atoms with E-state index in [9.17, 15) is 9.59 Å². The van der Waals surface area contributed by atoms with Crippen LogP contribution in [0.5, 0.6) is 0 Å². The Labute approximate surface area is 169 Å². The molecule has 0 aliphatic carbocycles. The summed E-state index contributed by atoms with van der Waals surface area (Å²) in [5, 5.41) is 14.2. The first kappa shape index (κ1) is 18.9. The zero-order valence-electron chi connectivity index (χ0n) is 16.1. The minimum atomic E-state index is -0.145. The van der Waals surface area contributed by atoms with Crippen molar-refractivity contribution in [3.8, 4) is 11.4 Å². The lowest BCUT2D eigenvalue weighted by Gasteiger charge is -2.09. The molecule has 1 aromatic heterocycles. The first-order valence-electron chi connectivity index (χ1n) is 9.82. The summed E-state index contributed by atoms with van der Waals surface area (Å²) in [7, 11) is 0. The molecule has 148 valence electrons. The van der Waals surface area contributed by atoms with Crippen LogP contribution in [-0.2, 0) is 29.0 Å². The summed E-state index contributed by atoms with van der Waals surface area (Å²) in [6.45, 7) is 1.23. The van der Waals surface area contributed by atoms with Crippen molar-refractivity contribution in [3.05, 3.63) is 66.0 Å². The molecule has 2 aromatic carbocycles. The fourth-order valence-corrected chi connectivity index (χ4v) is 3.48. The third-order valence-corrected chi connectivity index (χ3v) is 4.90. The summed E-state index contributed by atoms with van der Waals surface area (Å²) >= 11 is 0. The molecule has 0 atom stereocenters. The summed E-state index contributed by atoms with van der Waals surface area (Å²) < 4.78 is 2.13. The molecule has 0 spiro atoms. The Morgan fingerprint density at radius 1 is 1.00 bits per heavy atom. The van der Waals surface area contributed by atoms with Crippen LogP contribution >= 0.6 is 0 Å². The smallest absolute Gasteiger partial charge is 0.226 e. The molecule has 1 aliphatic heterocycles. The van der Waals surface area contributed by atoms with Crippen LogP contribution in [0.15, 0.2) is 54.6 Å². The zero-order valence-corrected chi connectivity index (χ0v) is 16.1. The van der Waals surface area contributed by atoms with Gasteiger partial charge in [-0.3, -0.25) is 9.59 Å². The van der Waals surface area contributed by atoms with Crippen LogP contribution < -0.4 is 10.6 Å². The molecular formula is C22H23N5O2. The maximum atomic E-state index is 12.2. The van der Waals surface area contributed by atoms with Gasteiger partial charge in [0, 0.05) is 37.2 Å². The number of carbonyl (C=O) groups is 2. The van der Waals surface area contributed by atoms with Gasteiger partial charge in [0.25, 0.3) is 0 Å². The van der Waals surface area contributed by atoms with Gasteiger partial charge in [0.2, 0.25) is 11.8 Å². The van der Waals surface area contributed by atoms with Crippen LogP contribution in [0.25, 0.3) is 11.4 Å². The number of aryl methyl sites for hydroxylation is 1. The van der Waals surface area contributed by atoms with Gasteiger partial charge in [-0.2, -0.15) is 0 Å². The van der Waals surface area contributed by atoms with Gasteiger partial charge in [-0.25, -0.2) is 0 Å². The highest BCUT2D eigenvalue weighted by Gasteiger charge is 2.18. The van der Waals surface area contributed by atoms with Crippen LogP contribution in [0.4, 0.5) is 5.69 Å². The largest absolute Gasteiger partial charge is 0.355 e. The summed E-state index contributed by atoms with van der Waals surface area (Å²) in [4.78, 5) is 24.2. The summed E-state index contributed by atoms with van der Waals surface area (Å²) in [6.07, 6.45) is 2.57. The van der Waals surface area contributed by atoms with E-state index in [2.05, 4.69) is 25.4 Å². The lowest BCUT2D eigenvalue weighted by Crippen LogP contribution is -2.28. The van der Waals surface area contributed by atoms with E-state index in [0.29, 0.717) is 18.7 Å². The van der Waals surface area contributed by atoms with Crippen molar-refractivity contribution < 1.29 is 9.59 Å². The Kier molecular flexibility index (Phi) is 5.65. The van der Waals surface area contributed by atoms with Gasteiger partial charge >= 0.3 is 0 Å². The van der Waals surface area contributed by atoms with Gasteiger partial charge in [-0.15, -0.1) is 10.2 Å². The average Bonchev–Trinajstić information content (AvgIpc) is 3.33. The maximum absolute atomic E-state index is 12.2. The van der Waals surface area contributed by atoms with E-state index < -0.39 is 0 Å². The first-order valence-corrected chi connectivity index (χ1v) is 9.82. The van der Waals surface area contributed by atoms with Crippen molar-refractivity contribution in [2.24, 2.45) is 0 Å². The fraction of sp³-hybridized carbons (Fsp3) is 0.273. The molecule has 0 fully saturated rings. The van der Waals surface area contributed by atoms with Crippen molar-refractivity contribution in [1.29, 1.82) is 0 Å². The predicted octanol–water partition coefficient (Wildman–Crippen LogP) is 2.58. The highest BCUT2D eigenvalue weighted by atomic mass is 16.2. The van der Waals surface area contributed by atoms with Crippen LogP contribution in [-0.4, -0.2) is 33.1 Å². The molecule has 1 aliphatic rings. The number of rotatable bonds is 7. The Morgan fingerprint density at radius 2 is 1.86 bits per heavy atom. The third kappa shape index (κ3) is 4.68. The lowest BCUT2D eigenvalue weighted by atomic mass is 10.1. The van der Waals surface area contributed by atoms with Crippen molar-refractivity contribution in [1.82, 2.24) is 20.1 Å². The van der Waals surface area contributed by atoms with Gasteiger partial charge in [-0.05, 0) is 24.1 Å². The number of nitrogens with zero attached hydrogens (tertiary/aromatic N) is 3. The second kappa shape index (κ2) is 8.68. The number of nitrogens with one attached hydrogen (secondary N) is 2. The molecule has 7 nitrogen and oxygen atoms in total. The number of aromatic nitrogens is 3. The Bertz CT molecular complexity index is 1010. The number of benzene rings is 2. The van der Waals surface area contributed by atoms with E-state index in [1.54, 1.807) is 0 Å². The number of amides is 2. The van der Waals surface area contributed by atoms with Crippen molar-refractivity contribution in [2.45, 2.75) is 32.2 Å². The molecule has 0 saturated carbocycles. The van der Waals surface area contributed by atoms with E-state index in [4.69, 9.17) is 0 Å². The van der Waals surface area contributed by atoms with E-state index in [-0.39, 0.29) is 18.2 Å². The number of fused-ring (bicyclic) bond motifs is 1. The van der Waals surface area contributed by atoms with E-state index in [0.717, 1.165) is 42.2 Å². The van der Waals surface area contributed by atoms with Gasteiger partial charge in [-0.1, -0.05) is 42.5 Å². The molecule has 2 amide bonds. The van der Waals surface area contributed by atoms with Gasteiger partial charge < -0.3 is 15.2 Å². The van der Waals surface area contributed by atoms with Crippen molar-refractivity contribution in [3.63, 3.8) is 0 Å². The second-order valence-electron chi connectivity index (χ2n) is 7.09. The van der Waals surface area contributed by atoms with E-state index >= 15 is 0 Å². The number of carbonyl (C=O) groups excluding carboxylic acids is 2. The van der Waals surface area contributed by atoms with Crippen LogP contribution in [0.1, 0.15) is 24.2 Å². The monoisotopic (exact) mass is 389 g/mol. The molecule has 2 heterocycles. The number of hydrogen-bond donors (Lipinski definition) is 2. The Balaban J connectivity index is 1.28. The van der Waals surface area contributed by atoms with E-state index in [1.165, 1.54) is 0 Å². The molecule has 0 unspecified atom stereocenters. The molecule has 4 rings (SSSR count). The average molecular weight is 389 g/mol. The minimum Gasteiger partial charge on any atom is -0.355 e. The molecule has 0 bridgehead atoms. The molecule has 29 heavy (non-hydrogen) atoms. The topological polar surface area (TPSA) is 88.9 Å². The second-order valence-corrected chi connectivity index (χ2v) is 7.09. The molecule has 7 heteroatoms. The quantitative estimate of drug-likeness (QED) is 0.650. The molecule has 3 aromatic rings. The standard InChI is InChI=1S/C22H23N5O2/c28-20(11-12-23-21(29)14-16-6-2-1-3-7-16)24-18-9-4-8-17(15-18)22-26-25-19-10-5-13-27(19)22/h1-4,6-9,15H,5,10-14H2,(H,23,29)(H,24,28). The van der Waals surface area contributed by atoms with Crippen molar-refractivity contribution >= 4 is 17.5 Å². The highest BCUT2D eigenvalue weighted by molar-refractivity contribution is 5.91. The fourth-order valence-electron chi connectivity index (χ4n) is 3.48. The normalized spacial score (nSPS) is 12.4. The number of anilines is 1. The molecular weight excluding hydrogens is 366 g/mol. The Hall–Kier alpha value is -3.48. The summed E-state index contributed by atoms with van der Waals surface area (Å²) in [5.74, 6) is 1.61. The lowest BCUT2D eigenvalue weighted by molar-refractivity contribution is -0.120. The Morgan fingerprint density at radius 3 is 2.72 bits per heavy atom. The maximum Gasteiger partial charge on any atom is 0.226 e. The third-order valence-electron chi connectivity index (χ3n) is 4.90. The summed E-state index contributed by atoms with van der Waals surface area (Å²) in [6, 6.07) is 17.1. The van der Waals surface area contributed by atoms with Crippen LogP contribution in [0.3, 0.4) is 0 Å². The molecule has 0 saturated heterocycles. The first-order chi connectivity index (χ1) is 14.2. The number of hydrogen-bond acceptors (Lipinski definition) is 4. The van der Waals surface area contributed by atoms with Crippen molar-refractivity contribution in [2.75, 3.05) is 11.9 Å². The van der Waals surface area contributed by atoms with Gasteiger partial charge in [0.1, 0.15) is 5.82 Å². The predicted molar refractivity (Wildman–Crippen MR) is 110 cm³/mol. The van der Waals surface area contributed by atoms with Crippen LogP contribution in [0.2, 0.25) is 0 Å². The van der Waals surface area contributed by atoms with E-state index in [1.807, 2.05) is 54.6 Å². The SMILES string of the molecule is O=C(Cc1ccccc1)NCCC(=O)Nc1cccc(-c2nnc3n2CCC3)c1.